The van der Waals surface area contributed by atoms with Gasteiger partial charge in [0.05, 0.1) is 31.8 Å². The highest BCUT2D eigenvalue weighted by molar-refractivity contribution is 5.92. The number of fused-ring (bicyclic) bond motifs is 3. The Labute approximate surface area is 174 Å². The largest absolute Gasteiger partial charge is 0.384 e. The molecule has 0 aromatic carbocycles. The van der Waals surface area contributed by atoms with Gasteiger partial charge in [-0.25, -0.2) is 0 Å². The lowest BCUT2D eigenvalue weighted by molar-refractivity contribution is -0.137. The molecule has 4 aliphatic rings. The summed E-state index contributed by atoms with van der Waals surface area (Å²) in [5, 5.41) is 9.94. The molecular weight excluding hydrogens is 366 g/mol. The minimum Gasteiger partial charge on any atom is -0.384 e. The summed E-state index contributed by atoms with van der Waals surface area (Å²) in [6.45, 7) is 6.77. The van der Waals surface area contributed by atoms with E-state index in [9.17, 15) is 10.1 Å². The summed E-state index contributed by atoms with van der Waals surface area (Å²) in [5.74, 6) is 1.11. The van der Waals surface area contributed by atoms with Gasteiger partial charge in [-0.15, -0.1) is 0 Å². The van der Waals surface area contributed by atoms with E-state index in [1.54, 1.807) is 13.2 Å². The molecule has 5 heteroatoms. The van der Waals surface area contributed by atoms with Gasteiger partial charge in [0.2, 0.25) is 0 Å². The minimum atomic E-state index is -0.317. The SMILES string of the molecule is COC[C@@]1(C)CCC[C@]2(C)C3CC(=O)C=C(C(C#N)CC4OCCO4)C3CCC12. The summed E-state index contributed by atoms with van der Waals surface area (Å²) in [5.41, 5.74) is 1.35. The molecule has 0 aromatic heterocycles. The van der Waals surface area contributed by atoms with Crippen molar-refractivity contribution in [3.05, 3.63) is 11.6 Å². The van der Waals surface area contributed by atoms with E-state index in [0.717, 1.165) is 25.0 Å². The van der Waals surface area contributed by atoms with Gasteiger partial charge in [-0.3, -0.25) is 4.79 Å². The lowest BCUT2D eigenvalue weighted by Crippen LogP contribution is -2.55. The maximum Gasteiger partial charge on any atom is 0.159 e. The number of rotatable bonds is 5. The Balaban J connectivity index is 1.61. The zero-order valence-corrected chi connectivity index (χ0v) is 18.1. The number of carbonyl (C=O) groups excluding carboxylic acids is 1. The Hall–Kier alpha value is -1.22. The number of ketones is 1. The number of hydrogen-bond acceptors (Lipinski definition) is 5. The summed E-state index contributed by atoms with van der Waals surface area (Å²) < 4.78 is 16.8. The maximum atomic E-state index is 12.8. The first-order valence-corrected chi connectivity index (χ1v) is 11.3. The van der Waals surface area contributed by atoms with Gasteiger partial charge in [0, 0.05) is 20.0 Å². The summed E-state index contributed by atoms with van der Waals surface area (Å²) in [4.78, 5) is 12.8. The van der Waals surface area contributed by atoms with Gasteiger partial charge < -0.3 is 14.2 Å². The lowest BCUT2D eigenvalue weighted by Gasteiger charge is -2.61. The molecule has 29 heavy (non-hydrogen) atoms. The molecule has 160 valence electrons. The normalized spacial score (nSPS) is 41.2. The summed E-state index contributed by atoms with van der Waals surface area (Å²) >= 11 is 0. The van der Waals surface area contributed by atoms with E-state index < -0.39 is 0 Å². The van der Waals surface area contributed by atoms with Gasteiger partial charge in [-0.1, -0.05) is 20.3 Å². The van der Waals surface area contributed by atoms with Crippen molar-refractivity contribution in [2.24, 2.45) is 34.5 Å². The molecule has 5 nitrogen and oxygen atoms in total. The number of allylic oxidation sites excluding steroid dienone is 2. The topological polar surface area (TPSA) is 68.6 Å². The molecule has 3 fully saturated rings. The Morgan fingerprint density at radius 3 is 2.72 bits per heavy atom. The van der Waals surface area contributed by atoms with Crippen molar-refractivity contribution in [2.45, 2.75) is 65.1 Å². The predicted molar refractivity (Wildman–Crippen MR) is 109 cm³/mol. The first-order valence-electron chi connectivity index (χ1n) is 11.3. The Bertz CT molecular complexity index is 702. The molecule has 6 atom stereocenters. The van der Waals surface area contributed by atoms with Crippen LogP contribution in [0.2, 0.25) is 0 Å². The molecule has 0 amide bonds. The second-order valence-electron chi connectivity index (χ2n) is 10.2. The van der Waals surface area contributed by atoms with Crippen LogP contribution in [0.4, 0.5) is 0 Å². The fourth-order valence-corrected chi connectivity index (χ4v) is 7.35. The van der Waals surface area contributed by atoms with E-state index in [4.69, 9.17) is 14.2 Å². The molecule has 1 aliphatic heterocycles. The summed E-state index contributed by atoms with van der Waals surface area (Å²) in [6, 6.07) is 2.47. The highest BCUT2D eigenvalue weighted by Crippen LogP contribution is 2.64. The van der Waals surface area contributed by atoms with Crippen molar-refractivity contribution in [3.63, 3.8) is 0 Å². The third kappa shape index (κ3) is 3.69. The number of ether oxygens (including phenoxy) is 3. The Morgan fingerprint density at radius 1 is 1.28 bits per heavy atom. The molecule has 0 radical (unpaired) electrons. The molecular formula is C24H35NO4. The van der Waals surface area contributed by atoms with Crippen LogP contribution in [0.1, 0.15) is 58.8 Å². The Morgan fingerprint density at radius 2 is 2.03 bits per heavy atom. The van der Waals surface area contributed by atoms with Crippen molar-refractivity contribution in [1.29, 1.82) is 5.26 Å². The fourth-order valence-electron chi connectivity index (χ4n) is 7.35. The Kier molecular flexibility index (Phi) is 5.90. The molecule has 4 unspecified atom stereocenters. The number of methoxy groups -OCH3 is 1. The van der Waals surface area contributed by atoms with E-state index in [1.165, 1.54) is 19.3 Å². The fraction of sp³-hybridized carbons (Fsp3) is 0.833. The number of nitrogens with zero attached hydrogens (tertiary/aromatic N) is 1. The molecule has 0 spiro atoms. The van der Waals surface area contributed by atoms with Crippen molar-refractivity contribution in [3.8, 4) is 6.07 Å². The van der Waals surface area contributed by atoms with Gasteiger partial charge >= 0.3 is 0 Å². The van der Waals surface area contributed by atoms with Gasteiger partial charge in [-0.05, 0) is 65.9 Å². The second-order valence-corrected chi connectivity index (χ2v) is 10.2. The van der Waals surface area contributed by atoms with Crippen LogP contribution in [0.3, 0.4) is 0 Å². The van der Waals surface area contributed by atoms with Crippen LogP contribution < -0.4 is 0 Å². The molecule has 2 saturated carbocycles. The van der Waals surface area contributed by atoms with Crippen LogP contribution in [-0.4, -0.2) is 39.0 Å². The van der Waals surface area contributed by atoms with E-state index >= 15 is 0 Å². The molecule has 1 heterocycles. The van der Waals surface area contributed by atoms with Crippen molar-refractivity contribution < 1.29 is 19.0 Å². The van der Waals surface area contributed by atoms with Crippen molar-refractivity contribution in [1.82, 2.24) is 0 Å². The van der Waals surface area contributed by atoms with E-state index in [1.807, 2.05) is 0 Å². The average Bonchev–Trinajstić information content (AvgIpc) is 3.19. The maximum absolute atomic E-state index is 12.8. The average molecular weight is 402 g/mol. The third-order valence-electron chi connectivity index (χ3n) is 8.53. The number of hydrogen-bond donors (Lipinski definition) is 0. The highest BCUT2D eigenvalue weighted by atomic mass is 16.7. The monoisotopic (exact) mass is 401 g/mol. The van der Waals surface area contributed by atoms with Crippen LogP contribution >= 0.6 is 0 Å². The first-order chi connectivity index (χ1) is 13.9. The van der Waals surface area contributed by atoms with Crippen LogP contribution in [0.5, 0.6) is 0 Å². The van der Waals surface area contributed by atoms with Gasteiger partial charge in [0.15, 0.2) is 12.1 Å². The first kappa shape index (κ1) is 21.0. The van der Waals surface area contributed by atoms with Crippen LogP contribution in [0, 0.1) is 45.8 Å². The summed E-state index contributed by atoms with van der Waals surface area (Å²) in [7, 11) is 1.80. The van der Waals surface area contributed by atoms with Crippen LogP contribution in [0.25, 0.3) is 0 Å². The number of carbonyl (C=O) groups is 1. The zero-order chi connectivity index (χ0) is 20.6. The summed E-state index contributed by atoms with van der Waals surface area (Å²) in [6.07, 6.45) is 8.41. The standard InChI is InChI=1S/C24H35NO4/c1-23(15-27-3)7-4-8-24(2)20-13-17(26)12-19(18(20)5-6-21(23)24)16(14-25)11-22-28-9-10-29-22/h12,16,18,20-22H,4-11,13,15H2,1-3H3/t16?,18?,20?,21?,23-,24-/m1/s1. The number of nitriles is 1. The van der Waals surface area contributed by atoms with Crippen molar-refractivity contribution in [2.75, 3.05) is 26.9 Å². The molecule has 1 saturated heterocycles. The quantitative estimate of drug-likeness (QED) is 0.688. The molecule has 0 N–H and O–H groups in total. The third-order valence-corrected chi connectivity index (χ3v) is 8.53. The molecule has 4 rings (SSSR count). The van der Waals surface area contributed by atoms with Crippen molar-refractivity contribution >= 4 is 5.78 Å². The molecule has 3 aliphatic carbocycles. The van der Waals surface area contributed by atoms with E-state index in [2.05, 4.69) is 19.9 Å². The van der Waals surface area contributed by atoms with Gasteiger partial charge in [0.1, 0.15) is 0 Å². The lowest BCUT2D eigenvalue weighted by atomic mass is 9.44. The van der Waals surface area contributed by atoms with Crippen LogP contribution in [-0.2, 0) is 19.0 Å². The second kappa shape index (κ2) is 8.13. The minimum absolute atomic E-state index is 0.129. The predicted octanol–water partition coefficient (Wildman–Crippen LogP) is 4.27. The van der Waals surface area contributed by atoms with Gasteiger partial charge in [-0.2, -0.15) is 5.26 Å². The van der Waals surface area contributed by atoms with E-state index in [-0.39, 0.29) is 28.8 Å². The zero-order valence-electron chi connectivity index (χ0n) is 18.1. The van der Waals surface area contributed by atoms with Gasteiger partial charge in [0.25, 0.3) is 0 Å². The molecule has 0 aromatic rings. The van der Waals surface area contributed by atoms with Crippen LogP contribution in [0.15, 0.2) is 11.6 Å². The highest BCUT2D eigenvalue weighted by Gasteiger charge is 2.58. The van der Waals surface area contributed by atoms with E-state index in [0.29, 0.717) is 43.8 Å². The molecule has 0 bridgehead atoms. The smallest absolute Gasteiger partial charge is 0.159 e.